The number of hydrogen-bond acceptors (Lipinski definition) is 5. The van der Waals surface area contributed by atoms with Crippen molar-refractivity contribution in [3.63, 3.8) is 0 Å². The molecular formula is C14H23N7. The molecule has 7 heteroatoms. The zero-order chi connectivity index (χ0) is 14.7. The summed E-state index contributed by atoms with van der Waals surface area (Å²) in [6.07, 6.45) is 2.91. The fourth-order valence-corrected chi connectivity index (χ4v) is 2.73. The van der Waals surface area contributed by atoms with E-state index in [0.29, 0.717) is 0 Å². The Morgan fingerprint density at radius 3 is 3.10 bits per heavy atom. The fourth-order valence-electron chi connectivity index (χ4n) is 2.73. The summed E-state index contributed by atoms with van der Waals surface area (Å²) in [5.74, 6) is 1.02. The summed E-state index contributed by atoms with van der Waals surface area (Å²) in [4.78, 5) is 2.23. The highest BCUT2D eigenvalue weighted by molar-refractivity contribution is 5.11. The summed E-state index contributed by atoms with van der Waals surface area (Å²) in [6.45, 7) is 7.65. The van der Waals surface area contributed by atoms with E-state index < -0.39 is 0 Å². The summed E-state index contributed by atoms with van der Waals surface area (Å²) in [5, 5.41) is 16.3. The number of hydrogen-bond donors (Lipinski definition) is 1. The van der Waals surface area contributed by atoms with Gasteiger partial charge in [0.25, 0.3) is 0 Å². The van der Waals surface area contributed by atoms with Gasteiger partial charge in [-0.05, 0) is 19.5 Å². The molecule has 2 aromatic heterocycles. The molecular weight excluding hydrogens is 266 g/mol. The van der Waals surface area contributed by atoms with Crippen LogP contribution >= 0.6 is 0 Å². The minimum Gasteiger partial charge on any atom is -0.317 e. The Kier molecular flexibility index (Phi) is 4.31. The molecule has 0 bridgehead atoms. The van der Waals surface area contributed by atoms with Crippen molar-refractivity contribution in [2.24, 2.45) is 0 Å². The molecule has 0 radical (unpaired) electrons. The Morgan fingerprint density at radius 1 is 1.38 bits per heavy atom. The predicted molar refractivity (Wildman–Crippen MR) is 79.4 cm³/mol. The molecule has 114 valence electrons. The number of rotatable bonds is 6. The molecule has 1 aliphatic heterocycles. The standard InChI is InChI=1S/C14H23N7/c1-3-5-20-11-16-17-14(20)10-19(2)9-12-7-13-8-15-4-6-21(13)18-12/h7,11,15H,3-6,8-10H2,1-2H3. The minimum absolute atomic E-state index is 0.792. The number of fused-ring (bicyclic) bond motifs is 1. The first-order valence-electron chi connectivity index (χ1n) is 7.58. The molecule has 0 spiro atoms. The van der Waals surface area contributed by atoms with Gasteiger partial charge in [0.1, 0.15) is 12.2 Å². The lowest BCUT2D eigenvalue weighted by atomic mass is 10.3. The number of aromatic nitrogens is 5. The van der Waals surface area contributed by atoms with Gasteiger partial charge in [0, 0.05) is 26.2 Å². The van der Waals surface area contributed by atoms with Crippen LogP contribution in [0.1, 0.15) is 30.6 Å². The first-order valence-corrected chi connectivity index (χ1v) is 7.58. The molecule has 0 saturated carbocycles. The first kappa shape index (κ1) is 14.2. The van der Waals surface area contributed by atoms with Crippen LogP contribution in [0.3, 0.4) is 0 Å². The normalized spacial score (nSPS) is 14.6. The molecule has 0 atom stereocenters. The Bertz CT molecular complexity index is 562. The number of nitrogens with one attached hydrogen (secondary N) is 1. The van der Waals surface area contributed by atoms with Crippen molar-refractivity contribution in [2.75, 3.05) is 13.6 Å². The van der Waals surface area contributed by atoms with E-state index in [0.717, 1.165) is 57.2 Å². The van der Waals surface area contributed by atoms with Gasteiger partial charge < -0.3 is 9.88 Å². The average Bonchev–Trinajstić information content (AvgIpc) is 3.05. The lowest BCUT2D eigenvalue weighted by molar-refractivity contribution is 0.299. The summed E-state index contributed by atoms with van der Waals surface area (Å²) >= 11 is 0. The number of aryl methyl sites for hydroxylation is 1. The zero-order valence-electron chi connectivity index (χ0n) is 12.8. The largest absolute Gasteiger partial charge is 0.317 e. The van der Waals surface area contributed by atoms with Crippen molar-refractivity contribution >= 4 is 0 Å². The predicted octanol–water partition coefficient (Wildman–Crippen LogP) is 0.620. The molecule has 7 nitrogen and oxygen atoms in total. The van der Waals surface area contributed by atoms with E-state index in [4.69, 9.17) is 0 Å². The Balaban J connectivity index is 1.62. The summed E-state index contributed by atoms with van der Waals surface area (Å²) in [5.41, 5.74) is 2.40. The van der Waals surface area contributed by atoms with Crippen molar-refractivity contribution in [3.05, 3.63) is 29.6 Å². The zero-order valence-corrected chi connectivity index (χ0v) is 12.8. The van der Waals surface area contributed by atoms with Gasteiger partial charge in [-0.25, -0.2) is 0 Å². The highest BCUT2D eigenvalue weighted by Gasteiger charge is 2.14. The quantitative estimate of drug-likeness (QED) is 0.844. The fraction of sp³-hybridized carbons (Fsp3) is 0.643. The van der Waals surface area contributed by atoms with E-state index in [1.165, 1.54) is 5.69 Å². The topological polar surface area (TPSA) is 63.8 Å². The Morgan fingerprint density at radius 2 is 2.29 bits per heavy atom. The maximum atomic E-state index is 4.67. The SMILES string of the molecule is CCCn1cnnc1CN(C)Cc1cc2n(n1)CCNC2. The molecule has 3 heterocycles. The second kappa shape index (κ2) is 6.36. The molecule has 3 rings (SSSR count). The van der Waals surface area contributed by atoms with Gasteiger partial charge in [0.15, 0.2) is 0 Å². The molecule has 0 unspecified atom stereocenters. The smallest absolute Gasteiger partial charge is 0.147 e. The lowest BCUT2D eigenvalue weighted by Crippen LogP contribution is -2.28. The van der Waals surface area contributed by atoms with Crippen LogP contribution in [0.15, 0.2) is 12.4 Å². The van der Waals surface area contributed by atoms with Crippen molar-refractivity contribution < 1.29 is 0 Å². The highest BCUT2D eigenvalue weighted by atomic mass is 15.3. The van der Waals surface area contributed by atoms with E-state index in [-0.39, 0.29) is 0 Å². The Hall–Kier alpha value is -1.73. The van der Waals surface area contributed by atoms with Crippen molar-refractivity contribution in [2.45, 2.75) is 46.1 Å². The van der Waals surface area contributed by atoms with E-state index in [9.17, 15) is 0 Å². The minimum atomic E-state index is 0.792. The van der Waals surface area contributed by atoms with Crippen molar-refractivity contribution in [1.82, 2.24) is 34.8 Å². The maximum Gasteiger partial charge on any atom is 0.147 e. The first-order chi connectivity index (χ1) is 10.3. The molecule has 1 N–H and O–H groups in total. The van der Waals surface area contributed by atoms with Gasteiger partial charge in [0.05, 0.1) is 24.5 Å². The van der Waals surface area contributed by atoms with Gasteiger partial charge in [-0.15, -0.1) is 10.2 Å². The van der Waals surface area contributed by atoms with Gasteiger partial charge in [-0.2, -0.15) is 5.10 Å². The van der Waals surface area contributed by atoms with Gasteiger partial charge >= 0.3 is 0 Å². The third-order valence-corrected chi connectivity index (χ3v) is 3.72. The van der Waals surface area contributed by atoms with Crippen LogP contribution in [-0.4, -0.2) is 43.0 Å². The van der Waals surface area contributed by atoms with Gasteiger partial charge in [-0.3, -0.25) is 9.58 Å². The summed E-state index contributed by atoms with van der Waals surface area (Å²) in [6, 6.07) is 2.19. The molecule has 0 fully saturated rings. The van der Waals surface area contributed by atoms with Crippen LogP contribution in [-0.2, 0) is 32.7 Å². The monoisotopic (exact) mass is 289 g/mol. The van der Waals surface area contributed by atoms with Gasteiger partial charge in [0.2, 0.25) is 0 Å². The maximum absolute atomic E-state index is 4.67. The lowest BCUT2D eigenvalue weighted by Gasteiger charge is -2.15. The third-order valence-electron chi connectivity index (χ3n) is 3.72. The molecule has 0 saturated heterocycles. The van der Waals surface area contributed by atoms with Gasteiger partial charge in [-0.1, -0.05) is 6.92 Å². The second-order valence-corrected chi connectivity index (χ2v) is 5.64. The van der Waals surface area contributed by atoms with E-state index in [1.807, 2.05) is 6.33 Å². The van der Waals surface area contributed by atoms with Crippen LogP contribution in [0.5, 0.6) is 0 Å². The van der Waals surface area contributed by atoms with Crippen LogP contribution < -0.4 is 5.32 Å². The van der Waals surface area contributed by atoms with Crippen LogP contribution in [0.25, 0.3) is 0 Å². The summed E-state index contributed by atoms with van der Waals surface area (Å²) < 4.78 is 4.23. The average molecular weight is 289 g/mol. The highest BCUT2D eigenvalue weighted by Crippen LogP contribution is 2.11. The molecule has 21 heavy (non-hydrogen) atoms. The van der Waals surface area contributed by atoms with E-state index in [1.54, 1.807) is 0 Å². The van der Waals surface area contributed by atoms with Crippen LogP contribution in [0.2, 0.25) is 0 Å². The molecule has 0 aliphatic carbocycles. The summed E-state index contributed by atoms with van der Waals surface area (Å²) in [7, 11) is 2.10. The van der Waals surface area contributed by atoms with Crippen LogP contribution in [0, 0.1) is 0 Å². The molecule has 1 aliphatic rings. The molecule has 2 aromatic rings. The van der Waals surface area contributed by atoms with E-state index >= 15 is 0 Å². The van der Waals surface area contributed by atoms with Crippen molar-refractivity contribution in [3.8, 4) is 0 Å². The molecule has 0 amide bonds. The molecule has 0 aromatic carbocycles. The van der Waals surface area contributed by atoms with Crippen molar-refractivity contribution in [1.29, 1.82) is 0 Å². The third kappa shape index (κ3) is 3.30. The van der Waals surface area contributed by atoms with E-state index in [2.05, 4.69) is 54.8 Å². The number of nitrogens with zero attached hydrogens (tertiary/aromatic N) is 6. The second-order valence-electron chi connectivity index (χ2n) is 5.64. The Labute approximate surface area is 125 Å². The van der Waals surface area contributed by atoms with Crippen LogP contribution in [0.4, 0.5) is 0 Å².